The average molecular weight is 321 g/mol. The zero-order chi connectivity index (χ0) is 17.2. The van der Waals surface area contributed by atoms with E-state index in [4.69, 9.17) is 9.47 Å². The molecule has 0 radical (unpaired) electrons. The maximum absolute atomic E-state index is 12.2. The summed E-state index contributed by atoms with van der Waals surface area (Å²) in [7, 11) is 0. The molecule has 0 fully saturated rings. The largest absolute Gasteiger partial charge is 0.461 e. The van der Waals surface area contributed by atoms with Crippen LogP contribution in [0.25, 0.3) is 0 Å². The normalized spacial score (nSPS) is 12.0. The number of carbonyl (C=O) groups excluding carboxylic acids is 2. The van der Waals surface area contributed by atoms with Crippen molar-refractivity contribution >= 4 is 11.9 Å². The Hall–Kier alpha value is -1.91. The van der Waals surface area contributed by atoms with Gasteiger partial charge in [-0.1, -0.05) is 46.6 Å². The number of hydrogen-bond donors (Lipinski definition) is 0. The number of carbonyl (C=O) groups is 2. The van der Waals surface area contributed by atoms with Crippen molar-refractivity contribution in [2.24, 2.45) is 5.92 Å². The van der Waals surface area contributed by atoms with E-state index in [0.29, 0.717) is 6.61 Å². The fraction of sp³-hybridized carbons (Fsp3) is 0.611. The molecule has 0 aliphatic rings. The third kappa shape index (κ3) is 6.38. The van der Waals surface area contributed by atoms with Gasteiger partial charge in [0.15, 0.2) is 0 Å². The molecule has 5 nitrogen and oxygen atoms in total. The summed E-state index contributed by atoms with van der Waals surface area (Å²) in [6.07, 6.45) is 3.35. The Balaban J connectivity index is 2.74. The van der Waals surface area contributed by atoms with Crippen molar-refractivity contribution in [2.45, 2.75) is 59.5 Å². The molecular formula is C18H27NO4. The second-order valence-corrected chi connectivity index (χ2v) is 5.87. The Bertz CT molecular complexity index is 513. The second kappa shape index (κ2) is 9.98. The van der Waals surface area contributed by atoms with E-state index in [2.05, 4.69) is 4.98 Å². The smallest absolute Gasteiger partial charge is 0.357 e. The molecule has 1 rings (SSSR count). The van der Waals surface area contributed by atoms with Gasteiger partial charge >= 0.3 is 11.9 Å². The first-order valence-corrected chi connectivity index (χ1v) is 8.34. The Kier molecular flexibility index (Phi) is 8.30. The lowest BCUT2D eigenvalue weighted by molar-refractivity contribution is 0.0150. The molecule has 0 amide bonds. The van der Waals surface area contributed by atoms with Gasteiger partial charge in [-0.3, -0.25) is 0 Å². The number of unbranched alkanes of at least 4 members (excludes halogenated alkanes) is 1. The molecule has 1 atom stereocenters. The van der Waals surface area contributed by atoms with Crippen LogP contribution in [-0.4, -0.2) is 29.6 Å². The second-order valence-electron chi connectivity index (χ2n) is 5.87. The summed E-state index contributed by atoms with van der Waals surface area (Å²) >= 11 is 0. The summed E-state index contributed by atoms with van der Waals surface area (Å²) in [5.41, 5.74) is 0.267. The third-order valence-electron chi connectivity index (χ3n) is 3.47. The standard InChI is InChI=1S/C18H27NO4/c1-5-7-12-22-17(20)14-10-8-11-15(19-14)18(21)23-16(9-6-2)13(3)4/h8,10-11,13,16H,5-7,9,12H2,1-4H3. The van der Waals surface area contributed by atoms with Gasteiger partial charge in [0.1, 0.15) is 17.5 Å². The first kappa shape index (κ1) is 19.1. The molecule has 0 bridgehead atoms. The zero-order valence-corrected chi connectivity index (χ0v) is 14.5. The van der Waals surface area contributed by atoms with Crippen molar-refractivity contribution in [1.82, 2.24) is 4.98 Å². The molecule has 1 aromatic rings. The van der Waals surface area contributed by atoms with E-state index in [1.54, 1.807) is 12.1 Å². The van der Waals surface area contributed by atoms with Crippen molar-refractivity contribution in [3.8, 4) is 0 Å². The van der Waals surface area contributed by atoms with Crippen LogP contribution in [0.3, 0.4) is 0 Å². The molecular weight excluding hydrogens is 294 g/mol. The highest BCUT2D eigenvalue weighted by Gasteiger charge is 2.20. The Morgan fingerprint density at radius 3 is 2.30 bits per heavy atom. The molecule has 0 saturated carbocycles. The van der Waals surface area contributed by atoms with E-state index in [1.807, 2.05) is 27.7 Å². The number of hydrogen-bond acceptors (Lipinski definition) is 5. The fourth-order valence-corrected chi connectivity index (χ4v) is 2.06. The van der Waals surface area contributed by atoms with Crippen LogP contribution >= 0.6 is 0 Å². The molecule has 1 aromatic heterocycles. The predicted molar refractivity (Wildman–Crippen MR) is 88.4 cm³/mol. The molecule has 1 heterocycles. The van der Waals surface area contributed by atoms with Crippen LogP contribution in [0.15, 0.2) is 18.2 Å². The summed E-state index contributed by atoms with van der Waals surface area (Å²) in [4.78, 5) is 28.2. The Morgan fingerprint density at radius 2 is 1.74 bits per heavy atom. The van der Waals surface area contributed by atoms with Gasteiger partial charge in [-0.25, -0.2) is 14.6 Å². The number of ether oxygens (including phenoxy) is 2. The molecule has 0 spiro atoms. The van der Waals surface area contributed by atoms with E-state index in [1.165, 1.54) is 6.07 Å². The van der Waals surface area contributed by atoms with E-state index in [0.717, 1.165) is 25.7 Å². The maximum atomic E-state index is 12.2. The molecule has 1 unspecified atom stereocenters. The fourth-order valence-electron chi connectivity index (χ4n) is 2.06. The molecule has 5 heteroatoms. The first-order chi connectivity index (χ1) is 11.0. The first-order valence-electron chi connectivity index (χ1n) is 8.34. The minimum atomic E-state index is -0.512. The van der Waals surface area contributed by atoms with Crippen LogP contribution in [0.4, 0.5) is 0 Å². The number of aromatic nitrogens is 1. The molecule has 0 aliphatic carbocycles. The van der Waals surface area contributed by atoms with E-state index >= 15 is 0 Å². The quantitative estimate of drug-likeness (QED) is 0.507. The lowest BCUT2D eigenvalue weighted by Gasteiger charge is -2.20. The number of pyridine rings is 1. The van der Waals surface area contributed by atoms with Gasteiger partial charge in [0, 0.05) is 0 Å². The Labute approximate surface area is 138 Å². The van der Waals surface area contributed by atoms with Crippen LogP contribution in [0.1, 0.15) is 74.4 Å². The highest BCUT2D eigenvalue weighted by atomic mass is 16.5. The molecule has 0 aliphatic heterocycles. The summed E-state index contributed by atoms with van der Waals surface area (Å²) in [6.45, 7) is 8.46. The third-order valence-corrected chi connectivity index (χ3v) is 3.47. The van der Waals surface area contributed by atoms with Crippen LogP contribution in [-0.2, 0) is 9.47 Å². The van der Waals surface area contributed by atoms with Gasteiger partial charge in [0.2, 0.25) is 0 Å². The summed E-state index contributed by atoms with van der Waals surface area (Å²) in [6, 6.07) is 4.70. The maximum Gasteiger partial charge on any atom is 0.357 e. The number of rotatable bonds is 9. The van der Waals surface area contributed by atoms with Gasteiger partial charge < -0.3 is 9.47 Å². The summed E-state index contributed by atoms with van der Waals surface area (Å²) in [5, 5.41) is 0. The molecule has 0 saturated heterocycles. The van der Waals surface area contributed by atoms with Gasteiger partial charge in [-0.05, 0) is 30.9 Å². The van der Waals surface area contributed by atoms with Crippen LogP contribution in [0.5, 0.6) is 0 Å². The van der Waals surface area contributed by atoms with Crippen LogP contribution in [0, 0.1) is 5.92 Å². The van der Waals surface area contributed by atoms with Crippen molar-refractivity contribution in [3.05, 3.63) is 29.6 Å². The monoisotopic (exact) mass is 321 g/mol. The predicted octanol–water partition coefficient (Wildman–Crippen LogP) is 4.02. The minimum Gasteiger partial charge on any atom is -0.461 e. The summed E-state index contributed by atoms with van der Waals surface area (Å²) < 4.78 is 10.6. The van der Waals surface area contributed by atoms with Gasteiger partial charge in [-0.15, -0.1) is 0 Å². The van der Waals surface area contributed by atoms with E-state index in [9.17, 15) is 9.59 Å². The summed E-state index contributed by atoms with van der Waals surface area (Å²) in [5.74, 6) is -0.775. The molecule has 0 N–H and O–H groups in total. The highest BCUT2D eigenvalue weighted by molar-refractivity contribution is 5.91. The van der Waals surface area contributed by atoms with E-state index in [-0.39, 0.29) is 23.4 Å². The molecule has 0 aromatic carbocycles. The van der Waals surface area contributed by atoms with Crippen molar-refractivity contribution in [1.29, 1.82) is 0 Å². The van der Waals surface area contributed by atoms with Gasteiger partial charge in [0.25, 0.3) is 0 Å². The van der Waals surface area contributed by atoms with Gasteiger partial charge in [-0.2, -0.15) is 0 Å². The minimum absolute atomic E-state index is 0.132. The average Bonchev–Trinajstić information content (AvgIpc) is 2.54. The van der Waals surface area contributed by atoms with Crippen molar-refractivity contribution < 1.29 is 19.1 Å². The molecule has 23 heavy (non-hydrogen) atoms. The topological polar surface area (TPSA) is 65.5 Å². The lowest BCUT2D eigenvalue weighted by atomic mass is 10.0. The van der Waals surface area contributed by atoms with Crippen LogP contribution < -0.4 is 0 Å². The highest BCUT2D eigenvalue weighted by Crippen LogP contribution is 2.15. The lowest BCUT2D eigenvalue weighted by Crippen LogP contribution is -2.24. The van der Waals surface area contributed by atoms with E-state index < -0.39 is 11.9 Å². The molecule has 128 valence electrons. The van der Waals surface area contributed by atoms with Crippen molar-refractivity contribution in [2.75, 3.05) is 6.61 Å². The number of esters is 2. The van der Waals surface area contributed by atoms with Gasteiger partial charge in [0.05, 0.1) is 6.61 Å². The zero-order valence-electron chi connectivity index (χ0n) is 14.5. The van der Waals surface area contributed by atoms with Crippen LogP contribution in [0.2, 0.25) is 0 Å². The number of nitrogens with zero attached hydrogens (tertiary/aromatic N) is 1. The van der Waals surface area contributed by atoms with Crippen molar-refractivity contribution in [3.63, 3.8) is 0 Å². The SMILES string of the molecule is CCCCOC(=O)c1cccc(C(=O)OC(CCC)C(C)C)n1. The Morgan fingerprint density at radius 1 is 1.09 bits per heavy atom.